The van der Waals surface area contributed by atoms with Crippen molar-refractivity contribution in [2.24, 2.45) is 5.92 Å². The molecule has 0 atom stereocenters. The maximum absolute atomic E-state index is 13.9. The number of piperidine rings is 1. The number of H-pyrrole nitrogens is 1. The van der Waals surface area contributed by atoms with Gasteiger partial charge in [0.2, 0.25) is 11.9 Å². The summed E-state index contributed by atoms with van der Waals surface area (Å²) in [7, 11) is 1.64. The Kier molecular flexibility index (Phi) is 6.46. The maximum atomic E-state index is 13.9. The first-order chi connectivity index (χ1) is 18.1. The Morgan fingerprint density at radius 1 is 1.05 bits per heavy atom. The van der Waals surface area contributed by atoms with Gasteiger partial charge in [-0.15, -0.1) is 0 Å². The smallest absolute Gasteiger partial charge is 0.230 e. The van der Waals surface area contributed by atoms with Gasteiger partial charge < -0.3 is 29.2 Å². The molecular formula is C28H34N6O3. The molecule has 194 valence electrons. The van der Waals surface area contributed by atoms with Gasteiger partial charge in [0.1, 0.15) is 11.6 Å². The van der Waals surface area contributed by atoms with E-state index >= 15 is 0 Å². The molecule has 5 heterocycles. The van der Waals surface area contributed by atoms with E-state index in [0.29, 0.717) is 6.54 Å². The van der Waals surface area contributed by atoms with Crippen LogP contribution in [0.25, 0.3) is 11.3 Å². The minimum Gasteiger partial charge on any atom is -0.495 e. The molecule has 3 aliphatic rings. The first kappa shape index (κ1) is 23.8. The minimum absolute atomic E-state index is 0.00281. The molecule has 0 unspecified atom stereocenters. The first-order valence-corrected chi connectivity index (χ1v) is 13.2. The molecule has 2 saturated heterocycles. The number of fused-ring (bicyclic) bond motifs is 3. The standard InChI is InChI=1S/C28H34N6O3/c1-19-3-5-24-22(17-19)26-23(30-28(31-26)33-13-15-37-16-14-33)9-12-34(24)27(35)20-7-10-32(11-8-20)25-6-4-21(36-2)18-29-25/h3-6,17-18,20H,7-16H2,1-2H3,(H,30,31). The van der Waals surface area contributed by atoms with E-state index < -0.39 is 0 Å². The van der Waals surface area contributed by atoms with Crippen molar-refractivity contribution >= 4 is 23.4 Å². The van der Waals surface area contributed by atoms with Crippen LogP contribution in [-0.2, 0) is 16.0 Å². The Balaban J connectivity index is 1.21. The third-order valence-electron chi connectivity index (χ3n) is 7.75. The first-order valence-electron chi connectivity index (χ1n) is 13.2. The number of ether oxygens (including phenoxy) is 2. The summed E-state index contributed by atoms with van der Waals surface area (Å²) in [4.78, 5) is 33.5. The van der Waals surface area contributed by atoms with Gasteiger partial charge in [-0.2, -0.15) is 0 Å². The number of benzene rings is 1. The zero-order valence-corrected chi connectivity index (χ0v) is 21.6. The van der Waals surface area contributed by atoms with Gasteiger partial charge in [-0.3, -0.25) is 4.79 Å². The van der Waals surface area contributed by atoms with Crippen LogP contribution >= 0.6 is 0 Å². The summed E-state index contributed by atoms with van der Waals surface area (Å²) in [6.45, 7) is 7.47. The summed E-state index contributed by atoms with van der Waals surface area (Å²) in [6, 6.07) is 10.3. The number of aromatic nitrogens is 3. The molecule has 1 N–H and O–H groups in total. The molecule has 0 bridgehead atoms. The Hall–Kier alpha value is -3.59. The van der Waals surface area contributed by atoms with E-state index in [2.05, 4.69) is 44.9 Å². The topological polar surface area (TPSA) is 86.8 Å². The van der Waals surface area contributed by atoms with Gasteiger partial charge in [0.15, 0.2) is 0 Å². The number of aryl methyl sites for hydroxylation is 1. The fourth-order valence-electron chi connectivity index (χ4n) is 5.63. The van der Waals surface area contributed by atoms with E-state index in [1.54, 1.807) is 13.3 Å². The largest absolute Gasteiger partial charge is 0.495 e. The summed E-state index contributed by atoms with van der Waals surface area (Å²) in [5, 5.41) is 0. The quantitative estimate of drug-likeness (QED) is 0.585. The lowest BCUT2D eigenvalue weighted by atomic mass is 9.94. The van der Waals surface area contributed by atoms with Crippen molar-refractivity contribution < 1.29 is 14.3 Å². The number of hydrogen-bond donors (Lipinski definition) is 1. The van der Waals surface area contributed by atoms with Crippen molar-refractivity contribution in [3.63, 3.8) is 0 Å². The van der Waals surface area contributed by atoms with E-state index in [1.807, 2.05) is 17.0 Å². The number of aromatic amines is 1. The molecule has 0 spiro atoms. The lowest BCUT2D eigenvalue weighted by molar-refractivity contribution is -0.123. The zero-order chi connectivity index (χ0) is 25.4. The van der Waals surface area contributed by atoms with Gasteiger partial charge in [-0.1, -0.05) is 11.6 Å². The highest BCUT2D eigenvalue weighted by molar-refractivity contribution is 6.00. The molecule has 6 rings (SSSR count). The number of carbonyl (C=O) groups excluding carboxylic acids is 1. The number of amides is 1. The highest BCUT2D eigenvalue weighted by Gasteiger charge is 2.33. The van der Waals surface area contributed by atoms with Crippen molar-refractivity contribution in [1.29, 1.82) is 0 Å². The second kappa shape index (κ2) is 10.0. The number of pyridine rings is 1. The summed E-state index contributed by atoms with van der Waals surface area (Å²) in [6.07, 6.45) is 4.10. The monoisotopic (exact) mass is 502 g/mol. The maximum Gasteiger partial charge on any atom is 0.230 e. The predicted octanol–water partition coefficient (Wildman–Crippen LogP) is 3.43. The van der Waals surface area contributed by atoms with E-state index in [4.69, 9.17) is 14.5 Å². The Morgan fingerprint density at radius 3 is 2.59 bits per heavy atom. The molecule has 9 heteroatoms. The average molecular weight is 503 g/mol. The lowest BCUT2D eigenvalue weighted by Crippen LogP contribution is -2.43. The van der Waals surface area contributed by atoms with Crippen LogP contribution in [-0.4, -0.2) is 73.9 Å². The fraction of sp³-hybridized carbons (Fsp3) is 0.464. The van der Waals surface area contributed by atoms with Gasteiger partial charge in [-0.05, 0) is 44.0 Å². The zero-order valence-electron chi connectivity index (χ0n) is 21.6. The molecule has 3 aromatic rings. The number of hydrogen-bond acceptors (Lipinski definition) is 7. The van der Waals surface area contributed by atoms with Gasteiger partial charge in [0, 0.05) is 50.6 Å². The van der Waals surface area contributed by atoms with E-state index in [9.17, 15) is 4.79 Å². The molecular weight excluding hydrogens is 468 g/mol. The van der Waals surface area contributed by atoms with Crippen LogP contribution in [0.5, 0.6) is 5.75 Å². The molecule has 2 fully saturated rings. The Morgan fingerprint density at radius 2 is 1.86 bits per heavy atom. The van der Waals surface area contributed by atoms with Crippen LogP contribution in [0.2, 0.25) is 0 Å². The highest BCUT2D eigenvalue weighted by Crippen LogP contribution is 2.38. The van der Waals surface area contributed by atoms with E-state index in [1.165, 1.54) is 5.56 Å². The molecule has 0 saturated carbocycles. The van der Waals surface area contributed by atoms with Crippen LogP contribution in [0.1, 0.15) is 24.1 Å². The van der Waals surface area contributed by atoms with Gasteiger partial charge in [-0.25, -0.2) is 9.97 Å². The number of nitrogens with one attached hydrogen (secondary N) is 1. The third-order valence-corrected chi connectivity index (χ3v) is 7.75. The molecule has 0 radical (unpaired) electrons. The molecule has 9 nitrogen and oxygen atoms in total. The summed E-state index contributed by atoms with van der Waals surface area (Å²) in [5.41, 5.74) is 5.28. The van der Waals surface area contributed by atoms with Crippen molar-refractivity contribution in [1.82, 2.24) is 15.0 Å². The second-order valence-electron chi connectivity index (χ2n) is 10.1. The van der Waals surface area contributed by atoms with Crippen molar-refractivity contribution in [2.75, 3.05) is 67.7 Å². The molecule has 0 aliphatic carbocycles. The normalized spacial score (nSPS) is 18.3. The summed E-state index contributed by atoms with van der Waals surface area (Å²) in [5.74, 6) is 2.80. The Bertz CT molecular complexity index is 1260. The average Bonchev–Trinajstić information content (AvgIpc) is 3.32. The van der Waals surface area contributed by atoms with Gasteiger partial charge in [0.25, 0.3) is 0 Å². The minimum atomic E-state index is -0.00281. The van der Waals surface area contributed by atoms with Crippen molar-refractivity contribution in [3.8, 4) is 17.0 Å². The molecule has 1 aromatic carbocycles. The molecule has 37 heavy (non-hydrogen) atoms. The lowest BCUT2D eigenvalue weighted by Gasteiger charge is -2.35. The third kappa shape index (κ3) is 4.64. The van der Waals surface area contributed by atoms with E-state index in [0.717, 1.165) is 98.8 Å². The van der Waals surface area contributed by atoms with Crippen LogP contribution in [0, 0.1) is 12.8 Å². The van der Waals surface area contributed by atoms with Crippen LogP contribution < -0.4 is 19.4 Å². The number of anilines is 3. The number of morpholine rings is 1. The summed E-state index contributed by atoms with van der Waals surface area (Å²) >= 11 is 0. The van der Waals surface area contributed by atoms with Crippen LogP contribution in [0.4, 0.5) is 17.5 Å². The Labute approximate surface area is 217 Å². The van der Waals surface area contributed by atoms with Crippen molar-refractivity contribution in [2.45, 2.75) is 26.2 Å². The van der Waals surface area contributed by atoms with Crippen LogP contribution in [0.15, 0.2) is 36.5 Å². The molecule has 2 aromatic heterocycles. The SMILES string of the molecule is COc1ccc(N2CCC(C(=O)N3CCc4nc(N5CCOCC5)[nH]c4-c4cc(C)ccc43)CC2)nc1. The van der Waals surface area contributed by atoms with Crippen LogP contribution in [0.3, 0.4) is 0 Å². The van der Waals surface area contributed by atoms with Gasteiger partial charge >= 0.3 is 0 Å². The molecule has 3 aliphatic heterocycles. The van der Waals surface area contributed by atoms with Gasteiger partial charge in [0.05, 0.1) is 43.6 Å². The number of rotatable bonds is 4. The predicted molar refractivity (Wildman–Crippen MR) is 144 cm³/mol. The second-order valence-corrected chi connectivity index (χ2v) is 10.1. The number of carbonyl (C=O) groups is 1. The number of imidazole rings is 1. The number of nitrogens with zero attached hydrogens (tertiary/aromatic N) is 5. The van der Waals surface area contributed by atoms with Crippen molar-refractivity contribution in [3.05, 3.63) is 47.8 Å². The fourth-order valence-corrected chi connectivity index (χ4v) is 5.63. The van der Waals surface area contributed by atoms with E-state index in [-0.39, 0.29) is 11.8 Å². The summed E-state index contributed by atoms with van der Waals surface area (Å²) < 4.78 is 10.7. The number of methoxy groups -OCH3 is 1. The molecule has 1 amide bonds. The highest BCUT2D eigenvalue weighted by atomic mass is 16.5.